The molecule has 0 fully saturated rings. The van der Waals surface area contributed by atoms with Gasteiger partial charge in [0, 0.05) is 12.2 Å². The van der Waals surface area contributed by atoms with E-state index in [1.54, 1.807) is 15.2 Å². The fourth-order valence-electron chi connectivity index (χ4n) is 3.50. The summed E-state index contributed by atoms with van der Waals surface area (Å²) < 4.78 is 8.76. The summed E-state index contributed by atoms with van der Waals surface area (Å²) in [5.74, 6) is 0. The first-order valence-corrected chi connectivity index (χ1v) is 9.90. The van der Waals surface area contributed by atoms with Gasteiger partial charge in [-0.3, -0.25) is 14.5 Å². The van der Waals surface area contributed by atoms with E-state index in [0.29, 0.717) is 18.8 Å². The molecule has 0 atom stereocenters. The Hall–Kier alpha value is -3.80. The molecular weight excluding hydrogens is 378 g/mol. The Morgan fingerprint density at radius 1 is 0.867 bits per heavy atom. The molecule has 0 spiro atoms. The minimum Gasteiger partial charge on any atom is -0.444 e. The maximum atomic E-state index is 12.9. The van der Waals surface area contributed by atoms with E-state index < -0.39 is 6.09 Å². The minimum atomic E-state index is -0.537. The third-order valence-corrected chi connectivity index (χ3v) is 4.98. The van der Waals surface area contributed by atoms with Crippen molar-refractivity contribution in [2.24, 2.45) is 0 Å². The maximum Gasteiger partial charge on any atom is 0.411 e. The van der Waals surface area contributed by atoms with Gasteiger partial charge >= 0.3 is 11.8 Å². The molecule has 1 amide bonds. The first-order chi connectivity index (χ1) is 14.7. The first-order valence-electron chi connectivity index (χ1n) is 9.90. The lowest BCUT2D eigenvalue weighted by molar-refractivity contribution is 0.155. The van der Waals surface area contributed by atoms with Crippen LogP contribution in [-0.4, -0.2) is 15.2 Å². The number of amides is 1. The van der Waals surface area contributed by atoms with Crippen LogP contribution >= 0.6 is 0 Å². The second-order valence-corrected chi connectivity index (χ2v) is 6.99. The van der Waals surface area contributed by atoms with Crippen molar-refractivity contribution in [1.29, 1.82) is 0 Å². The fourth-order valence-corrected chi connectivity index (χ4v) is 3.50. The Labute approximate surface area is 174 Å². The summed E-state index contributed by atoms with van der Waals surface area (Å²) in [6, 6.07) is 24.8. The highest BCUT2D eigenvalue weighted by atomic mass is 16.5. The van der Waals surface area contributed by atoms with Gasteiger partial charge in [0.15, 0.2) is 0 Å². The van der Waals surface area contributed by atoms with Gasteiger partial charge in [0.1, 0.15) is 6.61 Å². The van der Waals surface area contributed by atoms with Gasteiger partial charge in [0.25, 0.3) is 0 Å². The van der Waals surface area contributed by atoms with E-state index in [0.717, 1.165) is 22.2 Å². The van der Waals surface area contributed by atoms with Crippen molar-refractivity contribution in [2.45, 2.75) is 26.6 Å². The van der Waals surface area contributed by atoms with Gasteiger partial charge in [-0.1, -0.05) is 60.7 Å². The predicted molar refractivity (Wildman–Crippen MR) is 118 cm³/mol. The molecule has 6 heteroatoms. The van der Waals surface area contributed by atoms with Crippen LogP contribution in [0.4, 0.5) is 10.5 Å². The van der Waals surface area contributed by atoms with E-state index >= 15 is 0 Å². The van der Waals surface area contributed by atoms with Crippen LogP contribution in [0.3, 0.4) is 0 Å². The molecule has 3 aromatic carbocycles. The number of benzene rings is 3. The number of aryl methyl sites for hydroxylation is 1. The van der Waals surface area contributed by atoms with Crippen molar-refractivity contribution in [2.75, 3.05) is 5.32 Å². The van der Waals surface area contributed by atoms with Crippen molar-refractivity contribution in [1.82, 2.24) is 9.13 Å². The van der Waals surface area contributed by atoms with Crippen molar-refractivity contribution >= 4 is 22.8 Å². The quantitative estimate of drug-likeness (QED) is 0.513. The number of fused-ring (bicyclic) bond motifs is 1. The predicted octanol–water partition coefficient (Wildman–Crippen LogP) is 4.62. The van der Waals surface area contributed by atoms with Crippen molar-refractivity contribution < 1.29 is 9.53 Å². The molecule has 30 heavy (non-hydrogen) atoms. The number of hydrogen-bond acceptors (Lipinski definition) is 3. The number of hydrogen-bond donors (Lipinski definition) is 1. The Kier molecular flexibility index (Phi) is 5.66. The number of aromatic nitrogens is 2. The van der Waals surface area contributed by atoms with E-state index in [-0.39, 0.29) is 12.3 Å². The van der Waals surface area contributed by atoms with Gasteiger partial charge in [-0.25, -0.2) is 9.59 Å². The van der Waals surface area contributed by atoms with Gasteiger partial charge in [-0.05, 0) is 36.2 Å². The SMILES string of the molecule is CCn1c(=O)n(Cc2ccccc2)c2cc(NC(=O)OCc3ccccc3)ccc21. The topological polar surface area (TPSA) is 65.3 Å². The average molecular weight is 401 g/mol. The molecule has 0 aliphatic heterocycles. The number of rotatable bonds is 6. The Balaban J connectivity index is 1.58. The van der Waals surface area contributed by atoms with Crippen LogP contribution in [0.15, 0.2) is 83.7 Å². The zero-order chi connectivity index (χ0) is 20.9. The number of ether oxygens (including phenoxy) is 1. The molecule has 4 aromatic rings. The lowest BCUT2D eigenvalue weighted by Gasteiger charge is -2.08. The number of anilines is 1. The largest absolute Gasteiger partial charge is 0.444 e. The van der Waals surface area contributed by atoms with E-state index in [4.69, 9.17) is 4.74 Å². The Bertz CT molecular complexity index is 1210. The highest BCUT2D eigenvalue weighted by Crippen LogP contribution is 2.20. The number of carbonyl (C=O) groups is 1. The average Bonchev–Trinajstić information content (AvgIpc) is 3.04. The Morgan fingerprint density at radius 2 is 1.53 bits per heavy atom. The van der Waals surface area contributed by atoms with Crippen LogP contribution in [0.25, 0.3) is 11.0 Å². The smallest absolute Gasteiger partial charge is 0.411 e. The van der Waals surface area contributed by atoms with E-state index in [9.17, 15) is 9.59 Å². The van der Waals surface area contributed by atoms with E-state index in [2.05, 4.69) is 5.32 Å². The minimum absolute atomic E-state index is 0.0693. The fraction of sp³-hybridized carbons (Fsp3) is 0.167. The summed E-state index contributed by atoms with van der Waals surface area (Å²) in [6.07, 6.45) is -0.537. The number of nitrogens with one attached hydrogen (secondary N) is 1. The zero-order valence-electron chi connectivity index (χ0n) is 16.7. The lowest BCUT2D eigenvalue weighted by atomic mass is 10.2. The van der Waals surface area contributed by atoms with Gasteiger partial charge in [0.2, 0.25) is 0 Å². The molecule has 6 nitrogen and oxygen atoms in total. The zero-order valence-corrected chi connectivity index (χ0v) is 16.7. The van der Waals surface area contributed by atoms with Crippen LogP contribution < -0.4 is 11.0 Å². The summed E-state index contributed by atoms with van der Waals surface area (Å²) in [4.78, 5) is 25.1. The molecule has 1 aromatic heterocycles. The van der Waals surface area contributed by atoms with Gasteiger partial charge < -0.3 is 4.74 Å². The second-order valence-electron chi connectivity index (χ2n) is 6.99. The molecule has 0 saturated carbocycles. The molecule has 0 saturated heterocycles. The maximum absolute atomic E-state index is 12.9. The lowest BCUT2D eigenvalue weighted by Crippen LogP contribution is -2.24. The second kappa shape index (κ2) is 8.69. The molecular formula is C24H23N3O3. The van der Waals surface area contributed by atoms with E-state index in [1.165, 1.54) is 0 Å². The molecule has 0 aliphatic carbocycles. The van der Waals surface area contributed by atoms with Crippen LogP contribution in [0.5, 0.6) is 0 Å². The highest BCUT2D eigenvalue weighted by molar-refractivity contribution is 5.89. The molecule has 4 rings (SSSR count). The first kappa shape index (κ1) is 19.5. The van der Waals surface area contributed by atoms with Gasteiger partial charge in [-0.15, -0.1) is 0 Å². The molecule has 0 radical (unpaired) electrons. The summed E-state index contributed by atoms with van der Waals surface area (Å²) in [7, 11) is 0. The molecule has 1 heterocycles. The molecule has 0 unspecified atom stereocenters. The summed E-state index contributed by atoms with van der Waals surface area (Å²) in [5.41, 5.74) is 4.07. The molecule has 152 valence electrons. The van der Waals surface area contributed by atoms with Crippen LogP contribution in [0.1, 0.15) is 18.1 Å². The third kappa shape index (κ3) is 4.12. The van der Waals surface area contributed by atoms with Crippen molar-refractivity contribution in [3.63, 3.8) is 0 Å². The summed E-state index contributed by atoms with van der Waals surface area (Å²) >= 11 is 0. The number of imidazole rings is 1. The standard InChI is InChI=1S/C24H23N3O3/c1-2-26-21-14-13-20(25-23(28)30-17-19-11-7-4-8-12-19)15-22(21)27(24(26)29)16-18-9-5-3-6-10-18/h3-15H,2,16-17H2,1H3,(H,25,28). The van der Waals surface area contributed by atoms with Crippen molar-refractivity contribution in [3.05, 3.63) is 100 Å². The molecule has 0 aliphatic rings. The normalized spacial score (nSPS) is 10.8. The summed E-state index contributed by atoms with van der Waals surface area (Å²) in [6.45, 7) is 3.18. The number of nitrogens with zero attached hydrogens (tertiary/aromatic N) is 2. The summed E-state index contributed by atoms with van der Waals surface area (Å²) in [5, 5.41) is 2.76. The Morgan fingerprint density at radius 3 is 2.20 bits per heavy atom. The third-order valence-electron chi connectivity index (χ3n) is 4.98. The van der Waals surface area contributed by atoms with Crippen LogP contribution in [0.2, 0.25) is 0 Å². The highest BCUT2D eigenvalue weighted by Gasteiger charge is 2.14. The number of carbonyl (C=O) groups excluding carboxylic acids is 1. The van der Waals surface area contributed by atoms with Crippen LogP contribution in [0, 0.1) is 0 Å². The molecule has 1 N–H and O–H groups in total. The van der Waals surface area contributed by atoms with E-state index in [1.807, 2.05) is 79.7 Å². The van der Waals surface area contributed by atoms with Crippen molar-refractivity contribution in [3.8, 4) is 0 Å². The van der Waals surface area contributed by atoms with Crippen LogP contribution in [-0.2, 0) is 24.4 Å². The molecule has 0 bridgehead atoms. The monoisotopic (exact) mass is 401 g/mol. The van der Waals surface area contributed by atoms with Gasteiger partial charge in [0.05, 0.1) is 17.6 Å². The van der Waals surface area contributed by atoms with Gasteiger partial charge in [-0.2, -0.15) is 0 Å².